The molecule has 76 valence electrons. The number of ether oxygens (including phenoxy) is 1. The van der Waals surface area contributed by atoms with Crippen molar-refractivity contribution in [1.82, 2.24) is 0 Å². The fourth-order valence-electron chi connectivity index (χ4n) is 1.19. The van der Waals surface area contributed by atoms with Crippen molar-refractivity contribution in [3.05, 3.63) is 53.0 Å². The molecule has 2 aromatic carbocycles. The summed E-state index contributed by atoms with van der Waals surface area (Å²) < 4.78 is 6.13. The van der Waals surface area contributed by atoms with Gasteiger partial charge in [0.05, 0.1) is 4.47 Å². The van der Waals surface area contributed by atoms with Crippen molar-refractivity contribution in [2.75, 3.05) is 0 Å². The lowest BCUT2D eigenvalue weighted by Crippen LogP contribution is -1.84. The highest BCUT2D eigenvalue weighted by Gasteiger charge is 2.06. The summed E-state index contributed by atoms with van der Waals surface area (Å²) >= 11 is 3.23. The van der Waals surface area contributed by atoms with Gasteiger partial charge in [0.2, 0.25) is 0 Å². The van der Waals surface area contributed by atoms with E-state index in [9.17, 15) is 5.11 Å². The zero-order chi connectivity index (χ0) is 10.7. The van der Waals surface area contributed by atoms with Crippen molar-refractivity contribution in [3.8, 4) is 17.2 Å². The van der Waals surface area contributed by atoms with Crippen LogP contribution < -0.4 is 4.74 Å². The van der Waals surface area contributed by atoms with Gasteiger partial charge in [-0.15, -0.1) is 0 Å². The summed E-state index contributed by atoms with van der Waals surface area (Å²) in [6.07, 6.45) is 0. The Kier molecular flexibility index (Phi) is 2.92. The average molecular weight is 265 g/mol. The van der Waals surface area contributed by atoms with Crippen LogP contribution >= 0.6 is 15.9 Å². The minimum Gasteiger partial charge on any atom is -0.503 e. The van der Waals surface area contributed by atoms with Gasteiger partial charge in [-0.3, -0.25) is 0 Å². The van der Waals surface area contributed by atoms with Crippen LogP contribution in [0.3, 0.4) is 0 Å². The molecule has 0 aliphatic carbocycles. The molecule has 3 heteroatoms. The standard InChI is InChI=1S/C12H9BrO2/c13-10-7-4-8-11(12(10)14)15-9-5-2-1-3-6-9/h1-8,14H. The summed E-state index contributed by atoms with van der Waals surface area (Å²) in [7, 11) is 0. The van der Waals surface area contributed by atoms with Gasteiger partial charge >= 0.3 is 0 Å². The van der Waals surface area contributed by atoms with E-state index in [0.29, 0.717) is 16.0 Å². The van der Waals surface area contributed by atoms with Crippen molar-refractivity contribution >= 4 is 15.9 Å². The van der Waals surface area contributed by atoms with E-state index in [1.807, 2.05) is 36.4 Å². The van der Waals surface area contributed by atoms with Crippen LogP contribution in [0.4, 0.5) is 0 Å². The second kappa shape index (κ2) is 4.36. The molecule has 0 amide bonds. The molecule has 1 N–H and O–H groups in total. The van der Waals surface area contributed by atoms with Crippen LogP contribution in [-0.4, -0.2) is 5.11 Å². The molecule has 0 atom stereocenters. The third-order valence-electron chi connectivity index (χ3n) is 1.92. The number of rotatable bonds is 2. The Morgan fingerprint density at radius 2 is 1.67 bits per heavy atom. The Morgan fingerprint density at radius 1 is 0.933 bits per heavy atom. The van der Waals surface area contributed by atoms with E-state index in [1.54, 1.807) is 12.1 Å². The molecular formula is C12H9BrO2. The third kappa shape index (κ3) is 2.30. The number of hydrogen-bond donors (Lipinski definition) is 1. The summed E-state index contributed by atoms with van der Waals surface area (Å²) in [4.78, 5) is 0. The highest BCUT2D eigenvalue weighted by Crippen LogP contribution is 2.36. The van der Waals surface area contributed by atoms with E-state index >= 15 is 0 Å². The van der Waals surface area contributed by atoms with Crippen molar-refractivity contribution in [1.29, 1.82) is 0 Å². The van der Waals surface area contributed by atoms with E-state index in [0.717, 1.165) is 0 Å². The zero-order valence-electron chi connectivity index (χ0n) is 7.85. The van der Waals surface area contributed by atoms with Crippen molar-refractivity contribution in [2.45, 2.75) is 0 Å². The van der Waals surface area contributed by atoms with Crippen LogP contribution in [0.15, 0.2) is 53.0 Å². The topological polar surface area (TPSA) is 29.5 Å². The van der Waals surface area contributed by atoms with Gasteiger partial charge in [-0.1, -0.05) is 24.3 Å². The molecule has 2 rings (SSSR count). The molecule has 0 bridgehead atoms. The highest BCUT2D eigenvalue weighted by atomic mass is 79.9. The quantitative estimate of drug-likeness (QED) is 0.890. The normalized spacial score (nSPS) is 9.93. The number of hydrogen-bond acceptors (Lipinski definition) is 2. The van der Waals surface area contributed by atoms with Gasteiger partial charge < -0.3 is 9.84 Å². The van der Waals surface area contributed by atoms with Crippen molar-refractivity contribution in [3.63, 3.8) is 0 Å². The number of benzene rings is 2. The van der Waals surface area contributed by atoms with Gasteiger partial charge in [-0.2, -0.15) is 0 Å². The minimum atomic E-state index is 0.112. The molecule has 0 heterocycles. The molecule has 0 saturated heterocycles. The van der Waals surface area contributed by atoms with Crippen LogP contribution in [0.2, 0.25) is 0 Å². The number of phenolic OH excluding ortho intramolecular Hbond substituents is 1. The molecule has 0 aliphatic rings. The smallest absolute Gasteiger partial charge is 0.172 e. The van der Waals surface area contributed by atoms with Gasteiger partial charge in [0.25, 0.3) is 0 Å². The first-order valence-electron chi connectivity index (χ1n) is 4.48. The van der Waals surface area contributed by atoms with Crippen LogP contribution in [0, 0.1) is 0 Å². The Morgan fingerprint density at radius 3 is 2.40 bits per heavy atom. The molecule has 0 aromatic heterocycles. The first-order chi connectivity index (χ1) is 7.27. The van der Waals surface area contributed by atoms with Gasteiger partial charge in [0.15, 0.2) is 11.5 Å². The van der Waals surface area contributed by atoms with Gasteiger partial charge in [-0.05, 0) is 40.2 Å². The monoisotopic (exact) mass is 264 g/mol. The number of phenols is 1. The number of aromatic hydroxyl groups is 1. The first kappa shape index (κ1) is 10.1. The maximum absolute atomic E-state index is 9.69. The lowest BCUT2D eigenvalue weighted by molar-refractivity contribution is 0.409. The van der Waals surface area contributed by atoms with Crippen LogP contribution in [0.1, 0.15) is 0 Å². The Hall–Kier alpha value is -1.48. The Labute approximate surface area is 96.3 Å². The largest absolute Gasteiger partial charge is 0.503 e. The number of halogens is 1. The molecule has 15 heavy (non-hydrogen) atoms. The van der Waals surface area contributed by atoms with Gasteiger partial charge in [0, 0.05) is 0 Å². The zero-order valence-corrected chi connectivity index (χ0v) is 9.44. The van der Waals surface area contributed by atoms with E-state index in [-0.39, 0.29) is 5.75 Å². The van der Waals surface area contributed by atoms with Crippen LogP contribution in [0.5, 0.6) is 17.2 Å². The Bertz CT molecular complexity index is 454. The molecule has 2 nitrogen and oxygen atoms in total. The first-order valence-corrected chi connectivity index (χ1v) is 5.27. The lowest BCUT2D eigenvalue weighted by atomic mass is 10.3. The second-order valence-corrected chi connectivity index (χ2v) is 3.86. The molecule has 0 radical (unpaired) electrons. The summed E-state index contributed by atoms with van der Waals surface area (Å²) in [6.45, 7) is 0. The fourth-order valence-corrected chi connectivity index (χ4v) is 1.54. The van der Waals surface area contributed by atoms with Crippen LogP contribution in [-0.2, 0) is 0 Å². The summed E-state index contributed by atoms with van der Waals surface area (Å²) in [6, 6.07) is 14.6. The predicted molar refractivity (Wildman–Crippen MR) is 62.3 cm³/mol. The van der Waals surface area contributed by atoms with Gasteiger partial charge in [0.1, 0.15) is 5.75 Å². The molecule has 0 unspecified atom stereocenters. The molecular weight excluding hydrogens is 256 g/mol. The lowest BCUT2D eigenvalue weighted by Gasteiger charge is -2.07. The minimum absolute atomic E-state index is 0.112. The third-order valence-corrected chi connectivity index (χ3v) is 2.56. The van der Waals surface area contributed by atoms with E-state index in [4.69, 9.17) is 4.74 Å². The maximum Gasteiger partial charge on any atom is 0.172 e. The number of para-hydroxylation sites is 2. The fraction of sp³-hybridized carbons (Fsp3) is 0. The van der Waals surface area contributed by atoms with E-state index in [1.165, 1.54) is 0 Å². The summed E-state index contributed by atoms with van der Waals surface area (Å²) in [5.74, 6) is 1.25. The van der Waals surface area contributed by atoms with Crippen molar-refractivity contribution in [2.24, 2.45) is 0 Å². The highest BCUT2D eigenvalue weighted by molar-refractivity contribution is 9.10. The second-order valence-electron chi connectivity index (χ2n) is 3.00. The molecule has 0 fully saturated rings. The molecule has 2 aromatic rings. The Balaban J connectivity index is 2.29. The van der Waals surface area contributed by atoms with E-state index in [2.05, 4.69) is 15.9 Å². The molecule has 0 aliphatic heterocycles. The SMILES string of the molecule is Oc1c(Br)cccc1Oc1ccccc1. The predicted octanol–water partition coefficient (Wildman–Crippen LogP) is 3.95. The average Bonchev–Trinajstić information content (AvgIpc) is 2.26. The molecule has 0 spiro atoms. The van der Waals surface area contributed by atoms with Crippen LogP contribution in [0.25, 0.3) is 0 Å². The van der Waals surface area contributed by atoms with E-state index < -0.39 is 0 Å². The summed E-state index contributed by atoms with van der Waals surface area (Å²) in [5.41, 5.74) is 0. The van der Waals surface area contributed by atoms with Crippen molar-refractivity contribution < 1.29 is 9.84 Å². The van der Waals surface area contributed by atoms with Gasteiger partial charge in [-0.25, -0.2) is 0 Å². The maximum atomic E-state index is 9.69. The summed E-state index contributed by atoms with van der Waals surface area (Å²) in [5, 5.41) is 9.69. The molecule has 0 saturated carbocycles.